The molecular weight excluding hydrogens is 554 g/mol. The topological polar surface area (TPSA) is 74.1 Å². The van der Waals surface area contributed by atoms with Gasteiger partial charge in [0.25, 0.3) is 0 Å². The van der Waals surface area contributed by atoms with E-state index in [0.717, 1.165) is 12.3 Å². The number of alkyl halides is 3. The van der Waals surface area contributed by atoms with Crippen LogP contribution in [0.5, 0.6) is 0 Å². The van der Waals surface area contributed by atoms with Crippen molar-refractivity contribution in [2.24, 2.45) is 0 Å². The van der Waals surface area contributed by atoms with E-state index >= 15 is 0 Å². The van der Waals surface area contributed by atoms with Gasteiger partial charge in [0.1, 0.15) is 10.6 Å². The molecule has 11 heteroatoms. The van der Waals surface area contributed by atoms with E-state index in [9.17, 15) is 26.0 Å². The van der Waals surface area contributed by atoms with Crippen LogP contribution in [-0.2, 0) is 33.7 Å². The molecule has 5 nitrogen and oxygen atoms in total. The Morgan fingerprint density at radius 1 is 1.08 bits per heavy atom. The van der Waals surface area contributed by atoms with E-state index in [-0.39, 0.29) is 28.8 Å². The van der Waals surface area contributed by atoms with Crippen molar-refractivity contribution in [3.8, 4) is 6.07 Å². The maximum absolute atomic E-state index is 14.6. The number of nitriles is 1. The molecule has 2 heterocycles. The molecule has 1 aliphatic carbocycles. The van der Waals surface area contributed by atoms with E-state index in [4.69, 9.17) is 16.9 Å². The second-order valence-corrected chi connectivity index (χ2v) is 12.7. The number of benzene rings is 2. The number of hydrogen-bond donors (Lipinski definition) is 0. The van der Waals surface area contributed by atoms with Crippen molar-refractivity contribution in [1.82, 2.24) is 9.88 Å². The van der Waals surface area contributed by atoms with Crippen molar-refractivity contribution in [2.45, 2.75) is 60.5 Å². The summed E-state index contributed by atoms with van der Waals surface area (Å²) in [5.41, 5.74) is 0.999. The van der Waals surface area contributed by atoms with E-state index in [1.807, 2.05) is 6.07 Å². The standard InChI is InChI=1S/C28H24ClF4N3O2S/c29-24-6-3-20(14-25(24)30)27(39(37,38)23-4-1-18(15-34)2-5-23)10-7-22(8-11-27)36-12-9-26-19(17-36)13-21(16-35-26)28(31,32)33/h1-6,13-14,16,22H,7-12,17H2. The fourth-order valence-corrected chi connectivity index (χ4v) is 8.05. The summed E-state index contributed by atoms with van der Waals surface area (Å²) in [4.78, 5) is 6.15. The SMILES string of the molecule is N#Cc1ccc(S(=O)(=O)C2(c3ccc(Cl)c(F)c3)CCC(N3CCc4ncc(C(F)(F)F)cc4C3)CC2)cc1. The van der Waals surface area contributed by atoms with Crippen LogP contribution >= 0.6 is 11.6 Å². The summed E-state index contributed by atoms with van der Waals surface area (Å²) in [5.74, 6) is -0.716. The Balaban J connectivity index is 1.45. The van der Waals surface area contributed by atoms with Crippen LogP contribution in [0.25, 0.3) is 0 Å². The van der Waals surface area contributed by atoms with Gasteiger partial charge in [-0.3, -0.25) is 9.88 Å². The molecule has 3 aromatic rings. The van der Waals surface area contributed by atoms with Gasteiger partial charge in [-0.05, 0) is 79.3 Å². The molecular formula is C28H24ClF4N3O2S. The van der Waals surface area contributed by atoms with Crippen LogP contribution in [0.4, 0.5) is 17.6 Å². The zero-order chi connectivity index (χ0) is 28.0. The average Bonchev–Trinajstić information content (AvgIpc) is 2.93. The zero-order valence-electron chi connectivity index (χ0n) is 20.7. The normalized spacial score (nSPS) is 22.2. The summed E-state index contributed by atoms with van der Waals surface area (Å²) >= 11 is 5.90. The fourth-order valence-electron chi connectivity index (χ4n) is 5.78. The molecule has 1 aliphatic heterocycles. The Morgan fingerprint density at radius 2 is 1.77 bits per heavy atom. The highest BCUT2D eigenvalue weighted by Gasteiger charge is 2.49. The highest BCUT2D eigenvalue weighted by molar-refractivity contribution is 7.92. The van der Waals surface area contributed by atoms with Crippen molar-refractivity contribution in [3.05, 3.63) is 93.5 Å². The van der Waals surface area contributed by atoms with E-state index in [0.29, 0.717) is 54.7 Å². The molecule has 0 saturated heterocycles. The van der Waals surface area contributed by atoms with Crippen molar-refractivity contribution in [1.29, 1.82) is 5.26 Å². The summed E-state index contributed by atoms with van der Waals surface area (Å²) in [5, 5.41) is 9.00. The number of pyridine rings is 1. The first-order valence-electron chi connectivity index (χ1n) is 12.4. The molecule has 0 amide bonds. The number of rotatable bonds is 4. The van der Waals surface area contributed by atoms with E-state index < -0.39 is 32.1 Å². The molecule has 204 valence electrons. The molecule has 0 unspecified atom stereocenters. The minimum absolute atomic E-state index is 0.0352. The van der Waals surface area contributed by atoms with Crippen LogP contribution in [0.1, 0.15) is 53.6 Å². The lowest BCUT2D eigenvalue weighted by molar-refractivity contribution is -0.137. The molecule has 0 atom stereocenters. The van der Waals surface area contributed by atoms with Gasteiger partial charge in [0, 0.05) is 37.4 Å². The molecule has 0 N–H and O–H groups in total. The Hall–Kier alpha value is -3.00. The van der Waals surface area contributed by atoms with E-state index in [1.165, 1.54) is 42.5 Å². The smallest absolute Gasteiger partial charge is 0.296 e. The molecule has 0 bridgehead atoms. The number of aromatic nitrogens is 1. The van der Waals surface area contributed by atoms with Crippen LogP contribution in [0, 0.1) is 17.1 Å². The summed E-state index contributed by atoms with van der Waals surface area (Å²) in [6.07, 6.45) is -1.86. The number of fused-ring (bicyclic) bond motifs is 1. The van der Waals surface area contributed by atoms with Crippen LogP contribution in [0.15, 0.2) is 59.6 Å². The lowest BCUT2D eigenvalue weighted by atomic mass is 9.79. The second kappa shape index (κ2) is 10.2. The molecule has 1 aromatic heterocycles. The molecule has 39 heavy (non-hydrogen) atoms. The number of halogens is 5. The number of hydrogen-bond acceptors (Lipinski definition) is 5. The van der Waals surface area contributed by atoms with Crippen molar-refractivity contribution >= 4 is 21.4 Å². The first-order valence-corrected chi connectivity index (χ1v) is 14.3. The van der Waals surface area contributed by atoms with Gasteiger partial charge in [0.2, 0.25) is 0 Å². The van der Waals surface area contributed by atoms with Crippen LogP contribution < -0.4 is 0 Å². The largest absolute Gasteiger partial charge is 0.417 e. The maximum atomic E-state index is 14.6. The molecule has 1 fully saturated rings. The first-order chi connectivity index (χ1) is 18.4. The Bertz CT molecular complexity index is 1540. The summed E-state index contributed by atoms with van der Waals surface area (Å²) in [6.45, 7) is 0.892. The van der Waals surface area contributed by atoms with Gasteiger partial charge in [-0.2, -0.15) is 18.4 Å². The van der Waals surface area contributed by atoms with E-state index in [1.54, 1.807) is 0 Å². The van der Waals surface area contributed by atoms with Gasteiger partial charge in [-0.15, -0.1) is 0 Å². The molecule has 0 radical (unpaired) electrons. The molecule has 1 saturated carbocycles. The molecule has 0 spiro atoms. The summed E-state index contributed by atoms with van der Waals surface area (Å²) in [6, 6.07) is 12.8. The lowest BCUT2D eigenvalue weighted by Gasteiger charge is -2.44. The Morgan fingerprint density at radius 3 is 2.38 bits per heavy atom. The fraction of sp³-hybridized carbons (Fsp3) is 0.357. The first kappa shape index (κ1) is 27.6. The Labute approximate surface area is 229 Å². The second-order valence-electron chi connectivity index (χ2n) is 10.0. The monoisotopic (exact) mass is 577 g/mol. The molecule has 2 aromatic carbocycles. The van der Waals surface area contributed by atoms with Crippen molar-refractivity contribution in [2.75, 3.05) is 6.54 Å². The van der Waals surface area contributed by atoms with Crippen LogP contribution in [-0.4, -0.2) is 30.9 Å². The highest BCUT2D eigenvalue weighted by Crippen LogP contribution is 2.48. The van der Waals surface area contributed by atoms with Gasteiger partial charge in [-0.25, -0.2) is 12.8 Å². The van der Waals surface area contributed by atoms with Gasteiger partial charge in [0.15, 0.2) is 9.84 Å². The third-order valence-electron chi connectivity index (χ3n) is 7.93. The zero-order valence-corrected chi connectivity index (χ0v) is 22.3. The minimum Gasteiger partial charge on any atom is -0.296 e. The number of nitrogens with zero attached hydrogens (tertiary/aromatic N) is 3. The third kappa shape index (κ3) is 5.04. The molecule has 2 aliphatic rings. The highest BCUT2D eigenvalue weighted by atomic mass is 35.5. The molecule has 5 rings (SSSR count). The van der Waals surface area contributed by atoms with Crippen LogP contribution in [0.3, 0.4) is 0 Å². The number of sulfone groups is 1. The quantitative estimate of drug-likeness (QED) is 0.334. The van der Waals surface area contributed by atoms with Crippen molar-refractivity contribution < 1.29 is 26.0 Å². The van der Waals surface area contributed by atoms with E-state index in [2.05, 4.69) is 9.88 Å². The van der Waals surface area contributed by atoms with Gasteiger partial charge >= 0.3 is 6.18 Å². The predicted molar refractivity (Wildman–Crippen MR) is 137 cm³/mol. The minimum atomic E-state index is -4.48. The Kier molecular flexibility index (Phi) is 7.20. The van der Waals surface area contributed by atoms with Crippen molar-refractivity contribution in [3.63, 3.8) is 0 Å². The van der Waals surface area contributed by atoms with Gasteiger partial charge < -0.3 is 0 Å². The average molecular weight is 578 g/mol. The summed E-state index contributed by atoms with van der Waals surface area (Å²) < 4.78 is 81.1. The third-order valence-corrected chi connectivity index (χ3v) is 10.8. The maximum Gasteiger partial charge on any atom is 0.417 e. The lowest BCUT2D eigenvalue weighted by Crippen LogP contribution is -2.47. The van der Waals surface area contributed by atoms with Gasteiger partial charge in [-0.1, -0.05) is 17.7 Å². The summed E-state index contributed by atoms with van der Waals surface area (Å²) in [7, 11) is -4.03. The van der Waals surface area contributed by atoms with Gasteiger partial charge in [0.05, 0.1) is 27.1 Å². The van der Waals surface area contributed by atoms with Crippen LogP contribution in [0.2, 0.25) is 5.02 Å². The predicted octanol–water partition coefficient (Wildman–Crippen LogP) is 6.43.